The number of hydrogen-bond acceptors (Lipinski definition) is 1. The van der Waals surface area contributed by atoms with Gasteiger partial charge < -0.3 is 10.2 Å². The maximum Gasteiger partial charge on any atom is 0.317 e. The summed E-state index contributed by atoms with van der Waals surface area (Å²) in [5.74, 6) is 2.53. The van der Waals surface area contributed by atoms with Gasteiger partial charge in [-0.15, -0.1) is 12.3 Å². The van der Waals surface area contributed by atoms with Crippen molar-refractivity contribution in [2.45, 2.75) is 26.7 Å². The molecule has 0 rings (SSSR count). The number of terminal acetylenes is 1. The van der Waals surface area contributed by atoms with E-state index in [0.717, 1.165) is 25.9 Å². The van der Waals surface area contributed by atoms with E-state index in [4.69, 9.17) is 6.42 Å². The van der Waals surface area contributed by atoms with Crippen molar-refractivity contribution < 1.29 is 4.79 Å². The molecule has 0 heterocycles. The lowest BCUT2D eigenvalue weighted by atomic mass is 10.3. The molecule has 0 aliphatic carbocycles. The van der Waals surface area contributed by atoms with Crippen LogP contribution in [0.3, 0.4) is 0 Å². The van der Waals surface area contributed by atoms with Crippen LogP contribution in [0.25, 0.3) is 0 Å². The molecular formula is C10H18N2O. The van der Waals surface area contributed by atoms with Gasteiger partial charge in [0.25, 0.3) is 0 Å². The molecule has 0 aromatic rings. The molecule has 0 aromatic heterocycles. The Hall–Kier alpha value is -1.17. The van der Waals surface area contributed by atoms with Crippen molar-refractivity contribution in [1.29, 1.82) is 0 Å². The van der Waals surface area contributed by atoms with Gasteiger partial charge in [-0.3, -0.25) is 0 Å². The van der Waals surface area contributed by atoms with E-state index in [1.54, 1.807) is 4.90 Å². The number of rotatable bonds is 5. The summed E-state index contributed by atoms with van der Waals surface area (Å²) in [6, 6.07) is 0.00187. The average molecular weight is 182 g/mol. The topological polar surface area (TPSA) is 32.3 Å². The number of nitrogens with one attached hydrogen (secondary N) is 1. The molecule has 0 bridgehead atoms. The van der Waals surface area contributed by atoms with Crippen LogP contribution in [0.2, 0.25) is 0 Å². The molecule has 0 spiro atoms. The highest BCUT2D eigenvalue weighted by atomic mass is 16.2. The molecule has 0 aliphatic heterocycles. The second-order valence-corrected chi connectivity index (χ2v) is 2.71. The van der Waals surface area contributed by atoms with Crippen LogP contribution in [0, 0.1) is 12.3 Å². The fraction of sp³-hybridized carbons (Fsp3) is 0.700. The number of hydrogen-bond donors (Lipinski definition) is 1. The molecule has 3 heteroatoms. The molecule has 0 fully saturated rings. The van der Waals surface area contributed by atoms with Crippen LogP contribution in [0.4, 0.5) is 4.79 Å². The molecule has 0 aromatic carbocycles. The van der Waals surface area contributed by atoms with Gasteiger partial charge in [-0.05, 0) is 20.3 Å². The number of carbonyl (C=O) groups excluding carboxylic acids is 1. The van der Waals surface area contributed by atoms with E-state index >= 15 is 0 Å². The molecule has 1 N–H and O–H groups in total. The van der Waals surface area contributed by atoms with Gasteiger partial charge in [0, 0.05) is 26.1 Å². The van der Waals surface area contributed by atoms with Gasteiger partial charge >= 0.3 is 6.03 Å². The van der Waals surface area contributed by atoms with Crippen molar-refractivity contribution in [2.75, 3.05) is 19.6 Å². The first kappa shape index (κ1) is 11.8. The summed E-state index contributed by atoms with van der Waals surface area (Å²) in [7, 11) is 0. The number of carbonyl (C=O) groups is 1. The lowest BCUT2D eigenvalue weighted by molar-refractivity contribution is 0.203. The van der Waals surface area contributed by atoms with Crippen LogP contribution in [0.5, 0.6) is 0 Å². The van der Waals surface area contributed by atoms with E-state index in [-0.39, 0.29) is 6.03 Å². The monoisotopic (exact) mass is 182 g/mol. The minimum Gasteiger partial charge on any atom is -0.338 e. The van der Waals surface area contributed by atoms with Crippen LogP contribution in [0.1, 0.15) is 26.7 Å². The van der Waals surface area contributed by atoms with Crippen molar-refractivity contribution >= 4 is 6.03 Å². The molecule has 0 aliphatic rings. The number of unbranched alkanes of at least 4 members (excludes halogenated alkanes) is 1. The molecule has 0 saturated heterocycles. The van der Waals surface area contributed by atoms with Gasteiger partial charge in [0.1, 0.15) is 0 Å². The van der Waals surface area contributed by atoms with Crippen molar-refractivity contribution in [3.63, 3.8) is 0 Å². The Morgan fingerprint density at radius 3 is 2.54 bits per heavy atom. The zero-order valence-electron chi connectivity index (χ0n) is 8.47. The number of nitrogens with zero attached hydrogens (tertiary/aromatic N) is 1. The van der Waals surface area contributed by atoms with Crippen molar-refractivity contribution in [1.82, 2.24) is 10.2 Å². The van der Waals surface area contributed by atoms with Gasteiger partial charge in [-0.1, -0.05) is 0 Å². The Kier molecular flexibility index (Phi) is 6.80. The van der Waals surface area contributed by atoms with E-state index in [0.29, 0.717) is 6.54 Å². The SMILES string of the molecule is C#CCCCNC(=O)N(CC)CC. The van der Waals surface area contributed by atoms with E-state index in [1.165, 1.54) is 0 Å². The summed E-state index contributed by atoms with van der Waals surface area (Å²) < 4.78 is 0. The summed E-state index contributed by atoms with van der Waals surface area (Å²) in [4.78, 5) is 13.1. The van der Waals surface area contributed by atoms with Gasteiger partial charge in [-0.25, -0.2) is 4.79 Å². The second kappa shape index (κ2) is 7.48. The predicted octanol–water partition coefficient (Wildman–Crippen LogP) is 1.45. The van der Waals surface area contributed by atoms with Crippen LogP contribution in [0.15, 0.2) is 0 Å². The Labute approximate surface area is 80.5 Å². The first-order valence-electron chi connectivity index (χ1n) is 4.72. The minimum atomic E-state index is 0.00187. The maximum atomic E-state index is 11.3. The lowest BCUT2D eigenvalue weighted by Crippen LogP contribution is -2.39. The fourth-order valence-corrected chi connectivity index (χ4v) is 1.01. The smallest absolute Gasteiger partial charge is 0.317 e. The predicted molar refractivity (Wildman–Crippen MR) is 54.4 cm³/mol. The highest BCUT2D eigenvalue weighted by Crippen LogP contribution is 1.89. The van der Waals surface area contributed by atoms with E-state index in [9.17, 15) is 4.79 Å². The third-order valence-electron chi connectivity index (χ3n) is 1.82. The first-order chi connectivity index (χ1) is 6.26. The standard InChI is InChI=1S/C10H18N2O/c1-4-7-8-9-11-10(13)12(5-2)6-3/h1H,5-9H2,2-3H3,(H,11,13). The highest BCUT2D eigenvalue weighted by molar-refractivity contribution is 5.73. The molecule has 0 unspecified atom stereocenters. The van der Waals surface area contributed by atoms with Crippen molar-refractivity contribution in [3.05, 3.63) is 0 Å². The summed E-state index contributed by atoms with van der Waals surface area (Å²) in [5, 5.41) is 2.81. The lowest BCUT2D eigenvalue weighted by Gasteiger charge is -2.18. The zero-order valence-corrected chi connectivity index (χ0v) is 8.47. The largest absolute Gasteiger partial charge is 0.338 e. The molecule has 2 amide bonds. The fourth-order valence-electron chi connectivity index (χ4n) is 1.01. The minimum absolute atomic E-state index is 0.00187. The maximum absolute atomic E-state index is 11.3. The second-order valence-electron chi connectivity index (χ2n) is 2.71. The van der Waals surface area contributed by atoms with Crippen LogP contribution >= 0.6 is 0 Å². The van der Waals surface area contributed by atoms with Gasteiger partial charge in [-0.2, -0.15) is 0 Å². The summed E-state index contributed by atoms with van der Waals surface area (Å²) in [5.41, 5.74) is 0. The average Bonchev–Trinajstić information content (AvgIpc) is 2.14. The third-order valence-corrected chi connectivity index (χ3v) is 1.82. The molecule has 3 nitrogen and oxygen atoms in total. The molecular weight excluding hydrogens is 164 g/mol. The third kappa shape index (κ3) is 5.13. The molecule has 0 radical (unpaired) electrons. The quantitative estimate of drug-likeness (QED) is 0.506. The van der Waals surface area contributed by atoms with Crippen molar-refractivity contribution in [2.24, 2.45) is 0 Å². The molecule has 13 heavy (non-hydrogen) atoms. The Balaban J connectivity index is 3.55. The molecule has 0 atom stereocenters. The molecule has 74 valence electrons. The molecule has 0 saturated carbocycles. The Morgan fingerprint density at radius 2 is 2.08 bits per heavy atom. The van der Waals surface area contributed by atoms with Gasteiger partial charge in [0.15, 0.2) is 0 Å². The Bertz CT molecular complexity index is 180. The Morgan fingerprint density at radius 1 is 1.46 bits per heavy atom. The first-order valence-corrected chi connectivity index (χ1v) is 4.72. The summed E-state index contributed by atoms with van der Waals surface area (Å²) >= 11 is 0. The van der Waals surface area contributed by atoms with E-state index in [1.807, 2.05) is 13.8 Å². The van der Waals surface area contributed by atoms with Crippen LogP contribution < -0.4 is 5.32 Å². The van der Waals surface area contributed by atoms with E-state index < -0.39 is 0 Å². The summed E-state index contributed by atoms with van der Waals surface area (Å²) in [6.07, 6.45) is 6.66. The number of urea groups is 1. The van der Waals surface area contributed by atoms with Gasteiger partial charge in [0.2, 0.25) is 0 Å². The van der Waals surface area contributed by atoms with Crippen LogP contribution in [-0.2, 0) is 0 Å². The van der Waals surface area contributed by atoms with Gasteiger partial charge in [0.05, 0.1) is 0 Å². The van der Waals surface area contributed by atoms with E-state index in [2.05, 4.69) is 11.2 Å². The zero-order chi connectivity index (χ0) is 10.1. The van der Waals surface area contributed by atoms with Crippen LogP contribution in [-0.4, -0.2) is 30.6 Å². The van der Waals surface area contributed by atoms with Crippen molar-refractivity contribution in [3.8, 4) is 12.3 Å². The number of amides is 2. The summed E-state index contributed by atoms with van der Waals surface area (Å²) in [6.45, 7) is 6.09. The normalized spacial score (nSPS) is 9.00. The highest BCUT2D eigenvalue weighted by Gasteiger charge is 2.06.